The van der Waals surface area contributed by atoms with Crippen LogP contribution >= 0.6 is 11.6 Å². The molecule has 3 aromatic rings. The molecule has 0 aliphatic rings. The summed E-state index contributed by atoms with van der Waals surface area (Å²) in [6.07, 6.45) is 1.50. The molecule has 0 aliphatic carbocycles. The first-order valence-electron chi connectivity index (χ1n) is 10.6. The molecule has 0 aliphatic heterocycles. The average molecular weight is 487 g/mol. The number of nitrogens with one attached hydrogen (secondary N) is 1. The van der Waals surface area contributed by atoms with Crippen LogP contribution in [0.25, 0.3) is 0 Å². The zero-order valence-electron chi connectivity index (χ0n) is 19.1. The maximum Gasteiger partial charge on any atom is 0.264 e. The minimum atomic E-state index is -3.93. The summed E-state index contributed by atoms with van der Waals surface area (Å²) in [5, 5.41) is 3.12. The molecule has 0 saturated heterocycles. The zero-order chi connectivity index (χ0) is 24.2. The molecule has 33 heavy (non-hydrogen) atoms. The quantitative estimate of drug-likeness (QED) is 0.453. The second-order valence-corrected chi connectivity index (χ2v) is 9.80. The van der Waals surface area contributed by atoms with E-state index in [1.807, 2.05) is 32.0 Å². The van der Waals surface area contributed by atoms with E-state index in [-0.39, 0.29) is 15.5 Å². The van der Waals surface area contributed by atoms with Crippen LogP contribution in [0.1, 0.15) is 35.3 Å². The van der Waals surface area contributed by atoms with Crippen molar-refractivity contribution < 1.29 is 17.9 Å². The standard InChI is InChI=1S/C25H27ClN2O4S/c1-5-17-8-7-9-18(6-2)24(17)27-25(29)22-16-21(14-15-23(22)26)33(30,31)28(3)19-10-12-20(32-4)13-11-19/h7-16H,5-6H2,1-4H3,(H,27,29). The Kier molecular flexibility index (Phi) is 7.66. The Labute approximate surface area is 200 Å². The van der Waals surface area contributed by atoms with Crippen LogP contribution < -0.4 is 14.4 Å². The number of halogens is 1. The Morgan fingerprint density at radius 2 is 1.61 bits per heavy atom. The van der Waals surface area contributed by atoms with Crippen LogP contribution in [0.15, 0.2) is 65.6 Å². The maximum absolute atomic E-state index is 13.3. The molecule has 8 heteroatoms. The lowest BCUT2D eigenvalue weighted by Crippen LogP contribution is -2.27. The van der Waals surface area contributed by atoms with Gasteiger partial charge in [0, 0.05) is 12.7 Å². The fourth-order valence-corrected chi connectivity index (χ4v) is 4.94. The number of ether oxygens (including phenoxy) is 1. The highest BCUT2D eigenvalue weighted by Crippen LogP contribution is 2.29. The second kappa shape index (κ2) is 10.3. The van der Waals surface area contributed by atoms with Gasteiger partial charge in [-0.05, 0) is 66.4 Å². The van der Waals surface area contributed by atoms with Crippen molar-refractivity contribution in [3.63, 3.8) is 0 Å². The molecule has 1 N–H and O–H groups in total. The number of carbonyl (C=O) groups excluding carboxylic acids is 1. The Balaban J connectivity index is 1.95. The van der Waals surface area contributed by atoms with Gasteiger partial charge in [0.25, 0.3) is 15.9 Å². The highest BCUT2D eigenvalue weighted by Gasteiger charge is 2.24. The third-order valence-corrected chi connectivity index (χ3v) is 7.63. The van der Waals surface area contributed by atoms with E-state index in [0.717, 1.165) is 34.0 Å². The largest absolute Gasteiger partial charge is 0.497 e. The minimum absolute atomic E-state index is 0.0325. The number of benzene rings is 3. The first-order chi connectivity index (χ1) is 15.7. The third-order valence-electron chi connectivity index (χ3n) is 5.51. The number of aryl methyl sites for hydroxylation is 2. The van der Waals surface area contributed by atoms with Gasteiger partial charge in [0.15, 0.2) is 0 Å². The summed E-state index contributed by atoms with van der Waals surface area (Å²) >= 11 is 6.30. The van der Waals surface area contributed by atoms with Gasteiger partial charge in [-0.2, -0.15) is 0 Å². The van der Waals surface area contributed by atoms with Gasteiger partial charge in [-0.25, -0.2) is 8.42 Å². The van der Waals surface area contributed by atoms with Crippen molar-refractivity contribution in [1.29, 1.82) is 0 Å². The van der Waals surface area contributed by atoms with E-state index in [4.69, 9.17) is 16.3 Å². The van der Waals surface area contributed by atoms with Crippen LogP contribution in [-0.4, -0.2) is 28.5 Å². The monoisotopic (exact) mass is 486 g/mol. The van der Waals surface area contributed by atoms with E-state index in [2.05, 4.69) is 5.32 Å². The number of nitrogens with zero attached hydrogens (tertiary/aromatic N) is 1. The zero-order valence-corrected chi connectivity index (χ0v) is 20.6. The highest BCUT2D eigenvalue weighted by molar-refractivity contribution is 7.92. The second-order valence-electron chi connectivity index (χ2n) is 7.42. The average Bonchev–Trinajstić information content (AvgIpc) is 2.83. The molecule has 0 saturated carbocycles. The molecule has 0 heterocycles. The van der Waals surface area contributed by atoms with E-state index in [1.54, 1.807) is 24.3 Å². The SMILES string of the molecule is CCc1cccc(CC)c1NC(=O)c1cc(S(=O)(=O)N(C)c2ccc(OC)cc2)ccc1Cl. The highest BCUT2D eigenvalue weighted by atomic mass is 35.5. The van der Waals surface area contributed by atoms with E-state index >= 15 is 0 Å². The smallest absolute Gasteiger partial charge is 0.264 e. The molecule has 0 fully saturated rings. The Hall–Kier alpha value is -3.03. The maximum atomic E-state index is 13.3. The van der Waals surface area contributed by atoms with Crippen LogP contribution in [-0.2, 0) is 22.9 Å². The van der Waals surface area contributed by atoms with E-state index in [9.17, 15) is 13.2 Å². The summed E-state index contributed by atoms with van der Waals surface area (Å²) < 4.78 is 32.8. The molecule has 6 nitrogen and oxygen atoms in total. The Bertz CT molecular complexity index is 1240. The number of methoxy groups -OCH3 is 1. The van der Waals surface area contributed by atoms with Gasteiger partial charge >= 0.3 is 0 Å². The van der Waals surface area contributed by atoms with Crippen molar-refractivity contribution in [2.45, 2.75) is 31.6 Å². The summed E-state index contributed by atoms with van der Waals surface area (Å²) in [7, 11) is -0.934. The predicted molar refractivity (Wildman–Crippen MR) is 133 cm³/mol. The van der Waals surface area contributed by atoms with Gasteiger partial charge in [-0.3, -0.25) is 9.10 Å². The molecule has 0 aromatic heterocycles. The Morgan fingerprint density at radius 1 is 1.00 bits per heavy atom. The molecule has 0 bridgehead atoms. The number of carbonyl (C=O) groups is 1. The molecule has 0 unspecified atom stereocenters. The van der Waals surface area contributed by atoms with Gasteiger partial charge in [0.2, 0.25) is 0 Å². The number of sulfonamides is 1. The lowest BCUT2D eigenvalue weighted by atomic mass is 10.0. The lowest BCUT2D eigenvalue weighted by Gasteiger charge is -2.20. The van der Waals surface area contributed by atoms with Gasteiger partial charge in [0.05, 0.1) is 28.3 Å². The molecule has 0 spiro atoms. The van der Waals surface area contributed by atoms with Crippen LogP contribution in [0.5, 0.6) is 5.75 Å². The van der Waals surface area contributed by atoms with Gasteiger partial charge in [0.1, 0.15) is 5.75 Å². The van der Waals surface area contributed by atoms with Crippen molar-refractivity contribution >= 4 is 38.9 Å². The predicted octanol–water partition coefficient (Wildman–Crippen LogP) is 5.55. The normalized spacial score (nSPS) is 11.2. The summed E-state index contributed by atoms with van der Waals surface area (Å²) in [4.78, 5) is 13.1. The van der Waals surface area contributed by atoms with Crippen molar-refractivity contribution in [3.05, 3.63) is 82.4 Å². The number of anilines is 2. The summed E-state index contributed by atoms with van der Waals surface area (Å²) in [5.41, 5.74) is 3.30. The molecule has 3 rings (SSSR count). The number of para-hydroxylation sites is 1. The molecule has 3 aromatic carbocycles. The number of amides is 1. The van der Waals surface area contributed by atoms with Crippen molar-refractivity contribution in [3.8, 4) is 5.75 Å². The van der Waals surface area contributed by atoms with Crippen molar-refractivity contribution in [2.75, 3.05) is 23.8 Å². The number of hydrogen-bond donors (Lipinski definition) is 1. The molecular weight excluding hydrogens is 460 g/mol. The molecule has 0 atom stereocenters. The van der Waals surface area contributed by atoms with E-state index in [0.29, 0.717) is 11.4 Å². The minimum Gasteiger partial charge on any atom is -0.497 e. The lowest BCUT2D eigenvalue weighted by molar-refractivity contribution is 0.102. The molecule has 1 amide bonds. The summed E-state index contributed by atoms with van der Waals surface area (Å²) in [6.45, 7) is 4.03. The number of hydrogen-bond acceptors (Lipinski definition) is 4. The summed E-state index contributed by atoms with van der Waals surface area (Å²) in [5.74, 6) is 0.161. The Morgan fingerprint density at radius 3 is 2.15 bits per heavy atom. The van der Waals surface area contributed by atoms with E-state index < -0.39 is 15.9 Å². The third kappa shape index (κ3) is 5.15. The van der Waals surface area contributed by atoms with Gasteiger partial charge in [-0.15, -0.1) is 0 Å². The topological polar surface area (TPSA) is 75.7 Å². The van der Waals surface area contributed by atoms with Crippen LogP contribution in [0.3, 0.4) is 0 Å². The molecule has 0 radical (unpaired) electrons. The number of rotatable bonds is 8. The molecular formula is C25H27ClN2O4S. The van der Waals surface area contributed by atoms with E-state index in [1.165, 1.54) is 32.4 Å². The summed E-state index contributed by atoms with van der Waals surface area (Å²) in [6, 6.07) is 16.7. The molecule has 174 valence electrons. The van der Waals surface area contributed by atoms with Crippen molar-refractivity contribution in [2.24, 2.45) is 0 Å². The van der Waals surface area contributed by atoms with Gasteiger partial charge < -0.3 is 10.1 Å². The fraction of sp³-hybridized carbons (Fsp3) is 0.240. The fourth-order valence-electron chi connectivity index (χ4n) is 3.51. The van der Waals surface area contributed by atoms with Gasteiger partial charge in [-0.1, -0.05) is 43.6 Å². The van der Waals surface area contributed by atoms with Crippen LogP contribution in [0.4, 0.5) is 11.4 Å². The van der Waals surface area contributed by atoms with Crippen molar-refractivity contribution in [1.82, 2.24) is 0 Å². The van der Waals surface area contributed by atoms with Crippen LogP contribution in [0, 0.1) is 0 Å². The van der Waals surface area contributed by atoms with Crippen LogP contribution in [0.2, 0.25) is 5.02 Å². The first-order valence-corrected chi connectivity index (χ1v) is 12.4. The first kappa shape index (κ1) is 24.6.